The molecule has 5 heteroatoms. The number of aromatic nitrogens is 1. The third-order valence-corrected chi connectivity index (χ3v) is 5.56. The Labute approximate surface area is 169 Å². The standard InChI is InChI=1S/C21H11BrCl2N2/c22-20-18-11-13(12-25)9-10-26(18)21(15-3-7-17(24)8-4-15)19(20)14-1-5-16(23)6-2-14/h1-11H. The fourth-order valence-electron chi connectivity index (χ4n) is 3.06. The highest BCUT2D eigenvalue weighted by molar-refractivity contribution is 9.10. The van der Waals surface area contributed by atoms with Crippen molar-refractivity contribution in [1.29, 1.82) is 5.26 Å². The molecule has 4 rings (SSSR count). The van der Waals surface area contributed by atoms with Crippen LogP contribution < -0.4 is 0 Å². The Balaban J connectivity index is 2.09. The molecular weight excluding hydrogens is 431 g/mol. The molecule has 0 radical (unpaired) electrons. The Hall–Kier alpha value is -2.25. The normalized spacial score (nSPS) is 10.8. The van der Waals surface area contributed by atoms with Crippen molar-refractivity contribution in [2.24, 2.45) is 0 Å². The first kappa shape index (κ1) is 17.2. The first-order valence-corrected chi connectivity index (χ1v) is 9.39. The molecule has 4 aromatic rings. The Morgan fingerprint density at radius 1 is 0.846 bits per heavy atom. The van der Waals surface area contributed by atoms with Gasteiger partial charge in [-0.1, -0.05) is 47.5 Å². The van der Waals surface area contributed by atoms with Crippen molar-refractivity contribution in [3.63, 3.8) is 0 Å². The molecule has 0 aliphatic carbocycles. The maximum Gasteiger partial charge on any atom is 0.0992 e. The Morgan fingerprint density at radius 2 is 1.42 bits per heavy atom. The van der Waals surface area contributed by atoms with E-state index < -0.39 is 0 Å². The SMILES string of the molecule is N#Cc1ccn2c(-c3ccc(Cl)cc3)c(-c3ccc(Cl)cc3)c(Br)c2c1. The van der Waals surface area contributed by atoms with E-state index in [0.717, 1.165) is 32.4 Å². The van der Waals surface area contributed by atoms with Gasteiger partial charge in [0.15, 0.2) is 0 Å². The van der Waals surface area contributed by atoms with Gasteiger partial charge in [0.2, 0.25) is 0 Å². The van der Waals surface area contributed by atoms with E-state index in [1.165, 1.54) is 0 Å². The molecule has 2 heterocycles. The lowest BCUT2D eigenvalue weighted by atomic mass is 10.0. The largest absolute Gasteiger partial charge is 0.315 e. The molecule has 0 spiro atoms. The number of nitriles is 1. The van der Waals surface area contributed by atoms with Gasteiger partial charge in [0.1, 0.15) is 0 Å². The van der Waals surface area contributed by atoms with Crippen LogP contribution in [0.3, 0.4) is 0 Å². The maximum absolute atomic E-state index is 9.26. The van der Waals surface area contributed by atoms with Crippen LogP contribution in [0.1, 0.15) is 5.56 Å². The third kappa shape index (κ3) is 2.91. The monoisotopic (exact) mass is 440 g/mol. The van der Waals surface area contributed by atoms with Gasteiger partial charge in [-0.15, -0.1) is 0 Å². The first-order valence-electron chi connectivity index (χ1n) is 7.84. The molecule has 2 aromatic carbocycles. The lowest BCUT2D eigenvalue weighted by molar-refractivity contribution is 1.20. The van der Waals surface area contributed by atoms with Gasteiger partial charge in [-0.3, -0.25) is 0 Å². The Morgan fingerprint density at radius 3 is 2.00 bits per heavy atom. The van der Waals surface area contributed by atoms with Crippen LogP contribution in [-0.4, -0.2) is 4.40 Å². The van der Waals surface area contributed by atoms with Gasteiger partial charge in [0.25, 0.3) is 0 Å². The van der Waals surface area contributed by atoms with E-state index in [0.29, 0.717) is 15.6 Å². The number of hydrogen-bond donors (Lipinski definition) is 0. The summed E-state index contributed by atoms with van der Waals surface area (Å²) in [5.41, 5.74) is 5.67. The van der Waals surface area contributed by atoms with Gasteiger partial charge in [-0.2, -0.15) is 5.26 Å². The molecule has 0 fully saturated rings. The average molecular weight is 442 g/mol. The van der Waals surface area contributed by atoms with Crippen LogP contribution in [0.25, 0.3) is 27.9 Å². The van der Waals surface area contributed by atoms with E-state index in [1.54, 1.807) is 0 Å². The predicted molar refractivity (Wildman–Crippen MR) is 111 cm³/mol. The molecule has 0 atom stereocenters. The number of benzene rings is 2. The highest BCUT2D eigenvalue weighted by Crippen LogP contribution is 2.43. The van der Waals surface area contributed by atoms with Crippen LogP contribution in [0.15, 0.2) is 71.3 Å². The molecule has 2 nitrogen and oxygen atoms in total. The zero-order valence-electron chi connectivity index (χ0n) is 13.4. The minimum Gasteiger partial charge on any atom is -0.315 e. The van der Waals surface area contributed by atoms with Crippen LogP contribution in [0.5, 0.6) is 0 Å². The van der Waals surface area contributed by atoms with Gasteiger partial charge >= 0.3 is 0 Å². The summed E-state index contributed by atoms with van der Waals surface area (Å²) < 4.78 is 3.01. The van der Waals surface area contributed by atoms with Gasteiger partial charge in [-0.05, 0) is 63.5 Å². The van der Waals surface area contributed by atoms with E-state index in [2.05, 4.69) is 26.4 Å². The number of nitrogens with zero attached hydrogens (tertiary/aromatic N) is 2. The number of hydrogen-bond acceptors (Lipinski definition) is 1. The van der Waals surface area contributed by atoms with Crippen molar-refractivity contribution in [3.05, 3.63) is 86.9 Å². The lowest BCUT2D eigenvalue weighted by Crippen LogP contribution is -1.90. The van der Waals surface area contributed by atoms with Crippen LogP contribution in [0, 0.1) is 11.3 Å². The second-order valence-corrected chi connectivity index (χ2v) is 7.50. The van der Waals surface area contributed by atoms with Crippen LogP contribution in [0.2, 0.25) is 10.0 Å². The van der Waals surface area contributed by atoms with Crippen molar-refractivity contribution in [3.8, 4) is 28.5 Å². The Bertz CT molecular complexity index is 1150. The van der Waals surface area contributed by atoms with E-state index in [9.17, 15) is 5.26 Å². The molecule has 0 bridgehead atoms. The van der Waals surface area contributed by atoms with Crippen molar-refractivity contribution in [2.75, 3.05) is 0 Å². The van der Waals surface area contributed by atoms with Crippen molar-refractivity contribution < 1.29 is 0 Å². The number of halogens is 3. The minimum absolute atomic E-state index is 0.612. The van der Waals surface area contributed by atoms with E-state index in [1.807, 2.05) is 66.9 Å². The fourth-order valence-corrected chi connectivity index (χ4v) is 4.03. The first-order chi connectivity index (χ1) is 12.6. The van der Waals surface area contributed by atoms with E-state index in [-0.39, 0.29) is 0 Å². The van der Waals surface area contributed by atoms with Gasteiger partial charge in [-0.25, -0.2) is 0 Å². The summed E-state index contributed by atoms with van der Waals surface area (Å²) in [5.74, 6) is 0. The minimum atomic E-state index is 0.612. The number of pyridine rings is 1. The van der Waals surface area contributed by atoms with Crippen LogP contribution in [0.4, 0.5) is 0 Å². The van der Waals surface area contributed by atoms with Gasteiger partial charge in [0.05, 0.1) is 27.3 Å². The van der Waals surface area contributed by atoms with Gasteiger partial charge in [0, 0.05) is 21.8 Å². The average Bonchev–Trinajstić information content (AvgIpc) is 2.95. The van der Waals surface area contributed by atoms with Crippen molar-refractivity contribution in [2.45, 2.75) is 0 Å². The highest BCUT2D eigenvalue weighted by atomic mass is 79.9. The van der Waals surface area contributed by atoms with Crippen molar-refractivity contribution >= 4 is 44.6 Å². The zero-order chi connectivity index (χ0) is 18.3. The molecular formula is C21H11BrCl2N2. The maximum atomic E-state index is 9.26. The summed E-state index contributed by atoms with van der Waals surface area (Å²) >= 11 is 15.9. The third-order valence-electron chi connectivity index (χ3n) is 4.26. The molecule has 0 aliphatic rings. The number of rotatable bonds is 2. The summed E-state index contributed by atoms with van der Waals surface area (Å²) in [6, 6.07) is 21.4. The molecule has 2 aromatic heterocycles. The second-order valence-electron chi connectivity index (χ2n) is 5.83. The second kappa shape index (κ2) is 6.81. The fraction of sp³-hybridized carbons (Fsp3) is 0. The molecule has 0 N–H and O–H groups in total. The summed E-state index contributed by atoms with van der Waals surface area (Å²) in [4.78, 5) is 0. The molecule has 0 aliphatic heterocycles. The highest BCUT2D eigenvalue weighted by Gasteiger charge is 2.20. The van der Waals surface area contributed by atoms with E-state index in [4.69, 9.17) is 23.2 Å². The molecule has 0 saturated carbocycles. The summed E-state index contributed by atoms with van der Waals surface area (Å²) in [6.45, 7) is 0. The lowest BCUT2D eigenvalue weighted by Gasteiger charge is -2.08. The Kier molecular flexibility index (Phi) is 4.50. The van der Waals surface area contributed by atoms with E-state index >= 15 is 0 Å². The van der Waals surface area contributed by atoms with Crippen LogP contribution >= 0.6 is 39.1 Å². The predicted octanol–water partition coefficient (Wildman–Crippen LogP) is 7.21. The summed E-state index contributed by atoms with van der Waals surface area (Å²) in [7, 11) is 0. The molecule has 26 heavy (non-hydrogen) atoms. The summed E-state index contributed by atoms with van der Waals surface area (Å²) in [6.07, 6.45) is 1.92. The topological polar surface area (TPSA) is 28.2 Å². The quantitative estimate of drug-likeness (QED) is 0.322. The molecule has 0 amide bonds. The summed E-state index contributed by atoms with van der Waals surface area (Å²) in [5, 5.41) is 10.6. The molecule has 0 saturated heterocycles. The molecule has 0 unspecified atom stereocenters. The zero-order valence-corrected chi connectivity index (χ0v) is 16.5. The molecule has 126 valence electrons. The van der Waals surface area contributed by atoms with Crippen molar-refractivity contribution in [1.82, 2.24) is 4.40 Å². The van der Waals surface area contributed by atoms with Gasteiger partial charge < -0.3 is 4.40 Å². The van der Waals surface area contributed by atoms with Crippen LogP contribution in [-0.2, 0) is 0 Å². The smallest absolute Gasteiger partial charge is 0.0992 e. The number of fused-ring (bicyclic) bond motifs is 1.